The summed E-state index contributed by atoms with van der Waals surface area (Å²) in [5.74, 6) is -1.66. The van der Waals surface area contributed by atoms with Crippen molar-refractivity contribution < 1.29 is 75.8 Å². The number of hydrogen-bond acceptors (Lipinski definition) is 14. The molecule has 0 radical (unpaired) electrons. The molecule has 0 amide bonds. The van der Waals surface area contributed by atoms with Crippen molar-refractivity contribution in [2.75, 3.05) is 39.6 Å². The number of phosphoric acid groups is 2. The Morgan fingerprint density at radius 1 is 0.276 bits per heavy atom. The third-order valence-electron chi connectivity index (χ3n) is 16.1. The lowest BCUT2D eigenvalue weighted by atomic mass is 10.0. The first-order chi connectivity index (χ1) is 51.2. The lowest BCUT2D eigenvalue weighted by molar-refractivity contribution is -0.161. The molecule has 0 saturated carbocycles. The number of allylic oxidation sites excluding steroid dienone is 30. The van der Waals surface area contributed by atoms with Crippen LogP contribution < -0.4 is 0 Å². The molecule has 0 spiro atoms. The predicted octanol–water partition coefficient (Wildman–Crippen LogP) is 23.8. The van der Waals surface area contributed by atoms with Gasteiger partial charge in [-0.3, -0.25) is 32.5 Å². The van der Waals surface area contributed by atoms with Gasteiger partial charge < -0.3 is 34.2 Å². The Labute approximate surface area is 636 Å². The number of esters is 3. The topological polar surface area (TPSA) is 231 Å². The summed E-state index contributed by atoms with van der Waals surface area (Å²) >= 11 is 0. The van der Waals surface area contributed by atoms with E-state index in [1.165, 1.54) is 70.6 Å². The highest BCUT2D eigenvalue weighted by Gasteiger charge is 2.29. The number of unbranched alkanes of at least 4 members (excludes halogenated alkanes) is 21. The molecule has 0 aromatic heterocycles. The summed E-state index contributed by atoms with van der Waals surface area (Å²) in [5, 5.41) is 20.7. The third kappa shape index (κ3) is 79.5. The van der Waals surface area contributed by atoms with E-state index in [-0.39, 0.29) is 19.3 Å². The maximum absolute atomic E-state index is 13.0. The molecule has 0 aliphatic carbocycles. The number of ether oxygens (including phenoxy) is 3. The number of phosphoric ester groups is 2. The smallest absolute Gasteiger partial charge is 0.463 e. The van der Waals surface area contributed by atoms with Gasteiger partial charge in [-0.15, -0.1) is 0 Å². The minimum Gasteiger partial charge on any atom is -0.463 e. The maximum atomic E-state index is 13.0. The molecule has 0 heterocycles. The molecule has 0 rings (SSSR count). The van der Waals surface area contributed by atoms with Crippen LogP contribution in [0, 0.1) is 0 Å². The van der Waals surface area contributed by atoms with E-state index in [9.17, 15) is 43.5 Å². The van der Waals surface area contributed by atoms with Crippen LogP contribution in [-0.2, 0) is 55.8 Å². The first kappa shape index (κ1) is 99.7. The molecule has 18 heteroatoms. The molecule has 4 N–H and O–H groups in total. The summed E-state index contributed by atoms with van der Waals surface area (Å²) in [4.78, 5) is 58.7. The molecule has 0 aromatic carbocycles. The van der Waals surface area contributed by atoms with Crippen molar-refractivity contribution in [3.8, 4) is 0 Å². The molecule has 0 aliphatic heterocycles. The molecule has 0 saturated heterocycles. The second-order valence-electron chi connectivity index (χ2n) is 26.1. The van der Waals surface area contributed by atoms with Crippen molar-refractivity contribution >= 4 is 33.6 Å². The number of rotatable bonds is 74. The molecular formula is C87H142O16P2. The van der Waals surface area contributed by atoms with E-state index in [4.69, 9.17) is 32.3 Å². The number of aliphatic hydroxyl groups excluding tert-OH is 2. The zero-order valence-corrected chi connectivity index (χ0v) is 66.9. The summed E-state index contributed by atoms with van der Waals surface area (Å²) in [6, 6.07) is 0. The van der Waals surface area contributed by atoms with Crippen LogP contribution in [0.5, 0.6) is 0 Å². The fraction of sp³-hybridized carbons (Fsp3) is 0.621. The molecule has 0 aromatic rings. The van der Waals surface area contributed by atoms with Crippen LogP contribution in [0.1, 0.15) is 290 Å². The lowest BCUT2D eigenvalue weighted by Gasteiger charge is -2.21. The first-order valence-electron chi connectivity index (χ1n) is 40.1. The predicted molar refractivity (Wildman–Crippen MR) is 435 cm³/mol. The largest absolute Gasteiger partial charge is 0.472 e. The average Bonchev–Trinajstić information content (AvgIpc) is 0.921. The maximum Gasteiger partial charge on any atom is 0.472 e. The Hall–Kier alpha value is -5.35. The molecule has 5 atom stereocenters. The van der Waals surface area contributed by atoms with Gasteiger partial charge in [0.15, 0.2) is 6.10 Å². The van der Waals surface area contributed by atoms with E-state index in [2.05, 4.69) is 203 Å². The molecule has 0 aliphatic rings. The van der Waals surface area contributed by atoms with Gasteiger partial charge in [0.05, 0.1) is 26.4 Å². The standard InChI is InChI=1S/C87H142O16P2/c1-4-7-10-13-16-19-22-25-28-31-34-36-38-39-40-41-43-45-47-49-52-55-58-61-64-67-70-73-85(90)97-76-82(88)77-99-104(93,94)100-78-83(89)79-101-105(95,96)102-81-84(103-87(92)75-72-69-66-63-60-57-54-51-46-33-30-27-24-21-18-15-12-9-6-3)80-98-86(91)74-71-68-65-62-59-56-53-50-48-44-42-37-35-32-29-26-23-20-17-14-11-8-5-2/h8-9,11-12,16-21,25-30,34-37,39-40,44,46,48,51,53,56-57,60,82-84,88-89H,4-7,10,13-15,22-24,31-33,38,41-43,45,47,49-50,52,54-55,58-59,61-81H2,1-3H3,(H,93,94)(H,95,96)/b11-8-,12-9-,19-16-,20-17-,21-18-,28-25-,29-26-,30-27-,36-34-,37-35-,40-39-,48-44-,51-46-,56-53-,60-57-. The molecule has 596 valence electrons. The van der Waals surface area contributed by atoms with Crippen LogP contribution in [0.15, 0.2) is 182 Å². The molecule has 16 nitrogen and oxygen atoms in total. The Balaban J connectivity index is 4.70. The van der Waals surface area contributed by atoms with Crippen LogP contribution in [0.4, 0.5) is 0 Å². The third-order valence-corrected chi connectivity index (χ3v) is 18.0. The highest BCUT2D eigenvalue weighted by atomic mass is 31.2. The number of carbonyl (C=O) groups is 3. The zero-order valence-electron chi connectivity index (χ0n) is 65.1. The van der Waals surface area contributed by atoms with Gasteiger partial charge in [0.2, 0.25) is 0 Å². The van der Waals surface area contributed by atoms with Crippen molar-refractivity contribution in [3.63, 3.8) is 0 Å². The summed E-state index contributed by atoms with van der Waals surface area (Å²) in [7, 11) is -9.83. The molecule has 5 unspecified atom stereocenters. The van der Waals surface area contributed by atoms with Crippen molar-refractivity contribution in [2.24, 2.45) is 0 Å². The van der Waals surface area contributed by atoms with E-state index in [1.54, 1.807) is 0 Å². The summed E-state index contributed by atoms with van der Waals surface area (Å²) in [5.41, 5.74) is 0. The van der Waals surface area contributed by atoms with Crippen LogP contribution >= 0.6 is 15.6 Å². The molecule has 0 bridgehead atoms. The van der Waals surface area contributed by atoms with Gasteiger partial charge in [-0.05, 0) is 161 Å². The first-order valence-corrected chi connectivity index (χ1v) is 43.1. The Bertz CT molecular complexity index is 2640. The SMILES string of the molecule is CC/C=C\C/C=C\C/C=C\C/C=C\C/C=C\C/C=C\CCCCCCC(=O)OCC(COP(=O)(O)OCC(O)COP(=O)(O)OCC(O)COC(=O)CCCCCCCCCCCCC/C=C\C/C=C\C/C=C\C/C=C\CCCCC)OC(=O)CCCCC/C=C\C/C=C\C/C=C\C/C=C\C/C=C\CC. The van der Waals surface area contributed by atoms with Crippen molar-refractivity contribution in [3.05, 3.63) is 182 Å². The van der Waals surface area contributed by atoms with E-state index >= 15 is 0 Å². The number of carbonyl (C=O) groups excluding carboxylic acids is 3. The second kappa shape index (κ2) is 78.2. The normalized spacial score (nSPS) is 14.9. The highest BCUT2D eigenvalue weighted by molar-refractivity contribution is 7.47. The van der Waals surface area contributed by atoms with Crippen LogP contribution in [0.2, 0.25) is 0 Å². The van der Waals surface area contributed by atoms with Crippen molar-refractivity contribution in [1.82, 2.24) is 0 Å². The molecule has 0 fully saturated rings. The van der Waals surface area contributed by atoms with E-state index in [0.717, 1.165) is 161 Å². The number of hydrogen-bond donors (Lipinski definition) is 4. The average molecular weight is 1510 g/mol. The minimum atomic E-state index is -4.96. The minimum absolute atomic E-state index is 0.0515. The zero-order chi connectivity index (χ0) is 76.6. The quantitative estimate of drug-likeness (QED) is 0.0146. The monoisotopic (exact) mass is 1500 g/mol. The highest BCUT2D eigenvalue weighted by Crippen LogP contribution is 2.45. The van der Waals surface area contributed by atoms with Crippen LogP contribution in [0.3, 0.4) is 0 Å². The van der Waals surface area contributed by atoms with Gasteiger partial charge in [-0.2, -0.15) is 0 Å². The summed E-state index contributed by atoms with van der Waals surface area (Å²) in [6.45, 7) is 2.34. The Morgan fingerprint density at radius 3 is 0.810 bits per heavy atom. The van der Waals surface area contributed by atoms with Crippen LogP contribution in [-0.4, -0.2) is 95.9 Å². The van der Waals surface area contributed by atoms with Gasteiger partial charge >= 0.3 is 33.6 Å². The Kier molecular flexibility index (Phi) is 74.3. The van der Waals surface area contributed by atoms with Crippen molar-refractivity contribution in [1.29, 1.82) is 0 Å². The fourth-order valence-electron chi connectivity index (χ4n) is 10.1. The van der Waals surface area contributed by atoms with Gasteiger partial charge in [-0.25, -0.2) is 9.13 Å². The van der Waals surface area contributed by atoms with Crippen molar-refractivity contribution in [2.45, 2.75) is 309 Å². The Morgan fingerprint density at radius 2 is 0.505 bits per heavy atom. The lowest BCUT2D eigenvalue weighted by Crippen LogP contribution is -2.30. The number of aliphatic hydroxyl groups is 2. The van der Waals surface area contributed by atoms with Crippen LogP contribution in [0.25, 0.3) is 0 Å². The summed E-state index contributed by atoms with van der Waals surface area (Å²) < 4.78 is 61.2. The van der Waals surface area contributed by atoms with E-state index < -0.39 is 91.5 Å². The van der Waals surface area contributed by atoms with Gasteiger partial charge in [0.1, 0.15) is 25.4 Å². The molecular weight excluding hydrogens is 1360 g/mol. The molecule has 105 heavy (non-hydrogen) atoms. The fourth-order valence-corrected chi connectivity index (χ4v) is 11.6. The van der Waals surface area contributed by atoms with Gasteiger partial charge in [0, 0.05) is 19.3 Å². The van der Waals surface area contributed by atoms with E-state index in [1.807, 2.05) is 0 Å². The summed E-state index contributed by atoms with van der Waals surface area (Å²) in [6.07, 6.45) is 101. The van der Waals surface area contributed by atoms with Gasteiger partial charge in [-0.1, -0.05) is 293 Å². The second-order valence-corrected chi connectivity index (χ2v) is 29.0. The van der Waals surface area contributed by atoms with Gasteiger partial charge in [0.25, 0.3) is 0 Å². The van der Waals surface area contributed by atoms with E-state index in [0.29, 0.717) is 19.3 Å².